The zero-order chi connectivity index (χ0) is 22.0. The van der Waals surface area contributed by atoms with Crippen LogP contribution in [0.3, 0.4) is 0 Å². The summed E-state index contributed by atoms with van der Waals surface area (Å²) >= 11 is 5.96. The molecule has 0 unspecified atom stereocenters. The number of fused-ring (bicyclic) bond motifs is 1. The van der Waals surface area contributed by atoms with Crippen molar-refractivity contribution < 1.29 is 18.7 Å². The molecule has 0 atom stereocenters. The van der Waals surface area contributed by atoms with Crippen LogP contribution in [0.25, 0.3) is 5.69 Å². The first kappa shape index (κ1) is 21.1. The van der Waals surface area contributed by atoms with Crippen LogP contribution in [0.5, 0.6) is 0 Å². The van der Waals surface area contributed by atoms with Gasteiger partial charge < -0.3 is 9.64 Å². The number of amides is 1. The van der Waals surface area contributed by atoms with Crippen molar-refractivity contribution in [3.63, 3.8) is 0 Å². The van der Waals surface area contributed by atoms with Gasteiger partial charge in [-0.3, -0.25) is 9.59 Å². The number of aromatic nitrogens is 2. The number of methoxy groups -OCH3 is 1. The summed E-state index contributed by atoms with van der Waals surface area (Å²) in [7, 11) is 1.29. The smallest absolute Gasteiger partial charge is 0.325 e. The first-order valence-electron chi connectivity index (χ1n) is 9.93. The van der Waals surface area contributed by atoms with E-state index in [2.05, 4.69) is 5.10 Å². The van der Waals surface area contributed by atoms with E-state index in [-0.39, 0.29) is 24.8 Å². The minimum atomic E-state index is -0.517. The summed E-state index contributed by atoms with van der Waals surface area (Å²) < 4.78 is 19.8. The summed E-state index contributed by atoms with van der Waals surface area (Å²) in [4.78, 5) is 26.9. The Labute approximate surface area is 184 Å². The van der Waals surface area contributed by atoms with E-state index in [0.717, 1.165) is 36.1 Å². The highest BCUT2D eigenvalue weighted by atomic mass is 35.5. The van der Waals surface area contributed by atoms with E-state index >= 15 is 0 Å². The SMILES string of the molecule is COC(=O)CN(Cc1ccc(Cl)cc1)C(=O)c1nn(-c2ccc(F)cc2)c2c1CCC2. The number of rotatable bonds is 6. The van der Waals surface area contributed by atoms with Crippen molar-refractivity contribution in [3.05, 3.63) is 81.9 Å². The molecular formula is C23H21ClFN3O3. The molecule has 0 saturated heterocycles. The fourth-order valence-corrected chi connectivity index (χ4v) is 3.91. The van der Waals surface area contributed by atoms with Crippen molar-refractivity contribution in [1.29, 1.82) is 0 Å². The minimum absolute atomic E-state index is 0.198. The Morgan fingerprint density at radius 2 is 1.84 bits per heavy atom. The molecule has 0 radical (unpaired) electrons. The lowest BCUT2D eigenvalue weighted by Gasteiger charge is -2.21. The molecule has 1 aromatic heterocycles. The van der Waals surface area contributed by atoms with Crippen LogP contribution in [0.1, 0.15) is 33.7 Å². The molecule has 3 aromatic rings. The van der Waals surface area contributed by atoms with Crippen LogP contribution in [0.4, 0.5) is 4.39 Å². The van der Waals surface area contributed by atoms with Crippen LogP contribution < -0.4 is 0 Å². The molecule has 0 spiro atoms. The monoisotopic (exact) mass is 441 g/mol. The summed E-state index contributed by atoms with van der Waals surface area (Å²) in [5.41, 5.74) is 3.65. The van der Waals surface area contributed by atoms with E-state index in [0.29, 0.717) is 16.4 Å². The Hall–Kier alpha value is -3.19. The fourth-order valence-electron chi connectivity index (χ4n) is 3.78. The van der Waals surface area contributed by atoms with Crippen LogP contribution in [-0.2, 0) is 28.9 Å². The van der Waals surface area contributed by atoms with Gasteiger partial charge in [-0.2, -0.15) is 5.10 Å². The van der Waals surface area contributed by atoms with Gasteiger partial charge in [0, 0.05) is 22.8 Å². The first-order valence-corrected chi connectivity index (χ1v) is 10.3. The van der Waals surface area contributed by atoms with Gasteiger partial charge in [0.25, 0.3) is 5.91 Å². The molecule has 0 saturated carbocycles. The molecule has 1 aliphatic rings. The molecule has 1 aliphatic carbocycles. The van der Waals surface area contributed by atoms with Crippen LogP contribution in [0.15, 0.2) is 48.5 Å². The van der Waals surface area contributed by atoms with Crippen molar-refractivity contribution in [2.75, 3.05) is 13.7 Å². The van der Waals surface area contributed by atoms with Crippen molar-refractivity contribution >= 4 is 23.5 Å². The quantitative estimate of drug-likeness (QED) is 0.543. The number of carbonyl (C=O) groups excluding carboxylic acids is 2. The van der Waals surface area contributed by atoms with E-state index in [1.165, 1.54) is 24.1 Å². The van der Waals surface area contributed by atoms with Crippen molar-refractivity contribution in [2.24, 2.45) is 0 Å². The fraction of sp³-hybridized carbons (Fsp3) is 0.261. The Bertz CT molecular complexity index is 1110. The molecule has 0 N–H and O–H groups in total. The van der Waals surface area contributed by atoms with E-state index in [9.17, 15) is 14.0 Å². The number of halogens is 2. The molecule has 0 bridgehead atoms. The zero-order valence-electron chi connectivity index (χ0n) is 17.0. The standard InChI is InChI=1S/C23H21ClFN3O3/c1-31-21(29)14-27(13-15-5-7-16(24)8-6-15)23(30)22-19-3-2-4-20(19)28(26-22)18-11-9-17(25)10-12-18/h5-12H,2-4,13-14H2,1H3. The van der Waals surface area contributed by atoms with Crippen LogP contribution in [-0.4, -0.2) is 40.2 Å². The third kappa shape index (κ3) is 4.46. The molecule has 0 aliphatic heterocycles. The third-order valence-electron chi connectivity index (χ3n) is 5.33. The van der Waals surface area contributed by atoms with Gasteiger partial charge in [-0.15, -0.1) is 0 Å². The Balaban J connectivity index is 1.69. The lowest BCUT2D eigenvalue weighted by Crippen LogP contribution is -2.36. The van der Waals surface area contributed by atoms with Gasteiger partial charge in [-0.1, -0.05) is 23.7 Å². The summed E-state index contributed by atoms with van der Waals surface area (Å²) in [5.74, 6) is -1.20. The van der Waals surface area contributed by atoms with Crippen LogP contribution in [0.2, 0.25) is 5.02 Å². The molecule has 2 aromatic carbocycles. The Kier molecular flexibility index (Phi) is 6.04. The molecule has 6 nitrogen and oxygen atoms in total. The number of hydrogen-bond donors (Lipinski definition) is 0. The number of hydrogen-bond acceptors (Lipinski definition) is 4. The normalized spacial score (nSPS) is 12.5. The molecule has 8 heteroatoms. The van der Waals surface area contributed by atoms with E-state index < -0.39 is 5.97 Å². The predicted molar refractivity (Wildman–Crippen MR) is 114 cm³/mol. The average Bonchev–Trinajstić information content (AvgIpc) is 3.38. The van der Waals surface area contributed by atoms with Gasteiger partial charge in [0.1, 0.15) is 12.4 Å². The van der Waals surface area contributed by atoms with Gasteiger partial charge in [-0.25, -0.2) is 9.07 Å². The number of carbonyl (C=O) groups is 2. The van der Waals surface area contributed by atoms with Gasteiger partial charge in [0.15, 0.2) is 5.69 Å². The zero-order valence-corrected chi connectivity index (χ0v) is 17.7. The first-order chi connectivity index (χ1) is 15.0. The molecule has 160 valence electrons. The molecule has 1 heterocycles. The van der Waals surface area contributed by atoms with E-state index in [1.807, 2.05) is 0 Å². The van der Waals surface area contributed by atoms with Crippen LogP contribution >= 0.6 is 11.6 Å². The highest BCUT2D eigenvalue weighted by Crippen LogP contribution is 2.29. The largest absolute Gasteiger partial charge is 0.468 e. The predicted octanol–water partition coefficient (Wildman–Crippen LogP) is 3.97. The van der Waals surface area contributed by atoms with Gasteiger partial charge in [-0.05, 0) is 61.2 Å². The summed E-state index contributed by atoms with van der Waals surface area (Å²) in [6.07, 6.45) is 2.41. The second kappa shape index (κ2) is 8.89. The average molecular weight is 442 g/mol. The van der Waals surface area contributed by atoms with Crippen molar-refractivity contribution in [3.8, 4) is 5.69 Å². The Morgan fingerprint density at radius 1 is 1.13 bits per heavy atom. The van der Waals surface area contributed by atoms with Crippen molar-refractivity contribution in [2.45, 2.75) is 25.8 Å². The summed E-state index contributed by atoms with van der Waals surface area (Å²) in [6.45, 7) is 0.0133. The topological polar surface area (TPSA) is 64.4 Å². The maximum Gasteiger partial charge on any atom is 0.325 e. The number of ether oxygens (including phenoxy) is 1. The maximum atomic E-state index is 13.5. The lowest BCUT2D eigenvalue weighted by atomic mass is 10.1. The van der Waals surface area contributed by atoms with E-state index in [4.69, 9.17) is 16.3 Å². The Morgan fingerprint density at radius 3 is 2.52 bits per heavy atom. The molecule has 0 fully saturated rings. The second-order valence-electron chi connectivity index (χ2n) is 7.38. The van der Waals surface area contributed by atoms with Crippen molar-refractivity contribution in [1.82, 2.24) is 14.7 Å². The second-order valence-corrected chi connectivity index (χ2v) is 7.82. The summed E-state index contributed by atoms with van der Waals surface area (Å²) in [6, 6.07) is 13.1. The lowest BCUT2D eigenvalue weighted by molar-refractivity contribution is -0.141. The number of benzene rings is 2. The molecule has 31 heavy (non-hydrogen) atoms. The van der Waals surface area contributed by atoms with Gasteiger partial charge >= 0.3 is 5.97 Å². The molecule has 4 rings (SSSR count). The van der Waals surface area contributed by atoms with Crippen LogP contribution in [0, 0.1) is 5.82 Å². The third-order valence-corrected chi connectivity index (χ3v) is 5.58. The number of esters is 1. The van der Waals surface area contributed by atoms with E-state index in [1.54, 1.807) is 41.1 Å². The van der Waals surface area contributed by atoms with Gasteiger partial charge in [0.05, 0.1) is 12.8 Å². The molecular weight excluding hydrogens is 421 g/mol. The highest BCUT2D eigenvalue weighted by Gasteiger charge is 2.30. The van der Waals surface area contributed by atoms with Gasteiger partial charge in [0.2, 0.25) is 0 Å². The number of nitrogens with zero attached hydrogens (tertiary/aromatic N) is 3. The minimum Gasteiger partial charge on any atom is -0.468 e. The summed E-state index contributed by atoms with van der Waals surface area (Å²) in [5, 5.41) is 5.16. The maximum absolute atomic E-state index is 13.5. The molecule has 1 amide bonds. The highest BCUT2D eigenvalue weighted by molar-refractivity contribution is 6.30.